The molecule has 1 amide bonds. The molecule has 3 aromatic rings. The first-order chi connectivity index (χ1) is 11.6. The van der Waals surface area contributed by atoms with E-state index in [0.717, 1.165) is 17.0 Å². The zero-order chi connectivity index (χ0) is 16.9. The molecule has 0 unspecified atom stereocenters. The van der Waals surface area contributed by atoms with Gasteiger partial charge in [0.15, 0.2) is 6.04 Å². The Balaban J connectivity index is 1.81. The topological polar surface area (TPSA) is 98.5 Å². The molecule has 1 N–H and O–H groups in total. The number of benzene rings is 1. The smallest absolute Gasteiger partial charge is 0.255 e. The van der Waals surface area contributed by atoms with Crippen LogP contribution in [0.4, 0.5) is 5.13 Å². The van der Waals surface area contributed by atoms with E-state index in [-0.39, 0.29) is 5.91 Å². The maximum Gasteiger partial charge on any atom is 0.255 e. The number of tetrazole rings is 1. The Morgan fingerprint density at radius 3 is 2.71 bits per heavy atom. The van der Waals surface area contributed by atoms with Crippen LogP contribution in [0, 0.1) is 5.92 Å². The first-order valence-corrected chi connectivity index (χ1v) is 8.36. The van der Waals surface area contributed by atoms with Crippen molar-refractivity contribution in [3.63, 3.8) is 0 Å². The molecule has 0 saturated carbocycles. The Morgan fingerprint density at radius 1 is 1.25 bits per heavy atom. The third kappa shape index (κ3) is 3.80. The molecule has 0 saturated heterocycles. The number of hydrogen-bond acceptors (Lipinski definition) is 7. The van der Waals surface area contributed by atoms with Crippen molar-refractivity contribution in [3.05, 3.63) is 47.2 Å². The molecule has 9 heteroatoms. The average molecular weight is 343 g/mol. The molecule has 0 aliphatic carbocycles. The minimum atomic E-state index is -0.668. The van der Waals surface area contributed by atoms with Crippen LogP contribution in [-0.2, 0) is 11.2 Å². The van der Waals surface area contributed by atoms with Crippen LogP contribution in [0.2, 0.25) is 0 Å². The molecule has 2 heterocycles. The fourth-order valence-corrected chi connectivity index (χ4v) is 3.21. The molecular formula is C15H17N7OS. The van der Waals surface area contributed by atoms with Crippen molar-refractivity contribution in [2.24, 2.45) is 5.92 Å². The predicted molar refractivity (Wildman–Crippen MR) is 89.5 cm³/mol. The summed E-state index contributed by atoms with van der Waals surface area (Å²) in [6.45, 7) is 4.23. The Labute approximate surface area is 142 Å². The van der Waals surface area contributed by atoms with E-state index < -0.39 is 6.04 Å². The zero-order valence-corrected chi connectivity index (χ0v) is 14.1. The van der Waals surface area contributed by atoms with Crippen LogP contribution < -0.4 is 5.32 Å². The monoisotopic (exact) mass is 343 g/mol. The molecule has 124 valence electrons. The van der Waals surface area contributed by atoms with Crippen molar-refractivity contribution >= 4 is 22.4 Å². The molecule has 0 radical (unpaired) electrons. The third-order valence-corrected chi connectivity index (χ3v) is 4.13. The summed E-state index contributed by atoms with van der Waals surface area (Å²) in [7, 11) is 0. The van der Waals surface area contributed by atoms with Gasteiger partial charge in [0.25, 0.3) is 5.91 Å². The van der Waals surface area contributed by atoms with Crippen molar-refractivity contribution in [2.75, 3.05) is 5.32 Å². The van der Waals surface area contributed by atoms with Crippen molar-refractivity contribution in [1.29, 1.82) is 0 Å². The first kappa shape index (κ1) is 16.2. The second kappa shape index (κ2) is 7.26. The van der Waals surface area contributed by atoms with Gasteiger partial charge in [0.2, 0.25) is 5.13 Å². The predicted octanol–water partition coefficient (Wildman–Crippen LogP) is 1.95. The molecule has 0 spiro atoms. The Hall–Kier alpha value is -2.68. The van der Waals surface area contributed by atoms with Gasteiger partial charge >= 0.3 is 0 Å². The van der Waals surface area contributed by atoms with Gasteiger partial charge in [-0.15, -0.1) is 15.3 Å². The van der Waals surface area contributed by atoms with Gasteiger partial charge in [-0.3, -0.25) is 10.1 Å². The summed E-state index contributed by atoms with van der Waals surface area (Å²) in [5.41, 5.74) is 0.786. The lowest BCUT2D eigenvalue weighted by atomic mass is 10.1. The molecule has 0 bridgehead atoms. The van der Waals surface area contributed by atoms with Crippen LogP contribution in [0.5, 0.6) is 0 Å². The number of anilines is 1. The standard InChI is InChI=1S/C15H17N7OS/c1-10(2)8-12-18-19-15(24-12)17-14(23)13(22-9-16-20-21-22)11-6-4-3-5-7-11/h3-7,9-10,13H,8H2,1-2H3,(H,17,19,23)/t13-/m1/s1. The van der Waals surface area contributed by atoms with Gasteiger partial charge in [0, 0.05) is 6.42 Å². The third-order valence-electron chi connectivity index (χ3n) is 3.27. The first-order valence-electron chi connectivity index (χ1n) is 7.54. The maximum absolute atomic E-state index is 12.8. The number of nitrogens with zero attached hydrogens (tertiary/aromatic N) is 6. The van der Waals surface area contributed by atoms with E-state index >= 15 is 0 Å². The van der Waals surface area contributed by atoms with Gasteiger partial charge in [-0.05, 0) is 21.9 Å². The Bertz CT molecular complexity index is 785. The number of rotatable bonds is 6. The summed E-state index contributed by atoms with van der Waals surface area (Å²) in [4.78, 5) is 12.8. The summed E-state index contributed by atoms with van der Waals surface area (Å²) in [5, 5.41) is 23.4. The molecule has 1 aromatic carbocycles. The van der Waals surface area contributed by atoms with Gasteiger partial charge in [-0.25, -0.2) is 4.68 Å². The van der Waals surface area contributed by atoms with Crippen molar-refractivity contribution in [3.8, 4) is 0 Å². The quantitative estimate of drug-likeness (QED) is 0.734. The molecular weight excluding hydrogens is 326 g/mol. The average Bonchev–Trinajstić information content (AvgIpc) is 3.21. The summed E-state index contributed by atoms with van der Waals surface area (Å²) < 4.78 is 1.42. The fraction of sp³-hybridized carbons (Fsp3) is 0.333. The van der Waals surface area contributed by atoms with Gasteiger partial charge in [-0.2, -0.15) is 0 Å². The number of amides is 1. The fourth-order valence-electron chi connectivity index (χ4n) is 2.26. The van der Waals surface area contributed by atoms with Crippen molar-refractivity contribution in [2.45, 2.75) is 26.3 Å². The van der Waals surface area contributed by atoms with E-state index in [9.17, 15) is 4.79 Å². The number of aromatic nitrogens is 6. The van der Waals surface area contributed by atoms with Crippen LogP contribution in [0.25, 0.3) is 0 Å². The highest BCUT2D eigenvalue weighted by atomic mass is 32.1. The van der Waals surface area contributed by atoms with Crippen LogP contribution in [0.3, 0.4) is 0 Å². The molecule has 8 nitrogen and oxygen atoms in total. The van der Waals surface area contributed by atoms with Crippen LogP contribution in [0.15, 0.2) is 36.7 Å². The minimum Gasteiger partial charge on any atom is -0.298 e. The number of carbonyl (C=O) groups is 1. The molecule has 3 rings (SSSR count). The lowest BCUT2D eigenvalue weighted by molar-refractivity contribution is -0.118. The van der Waals surface area contributed by atoms with Crippen LogP contribution in [0.1, 0.15) is 30.5 Å². The molecule has 0 fully saturated rings. The number of carbonyl (C=O) groups excluding carboxylic acids is 1. The van der Waals surface area contributed by atoms with E-state index in [2.05, 4.69) is 44.9 Å². The van der Waals surface area contributed by atoms with E-state index in [1.54, 1.807) is 0 Å². The highest BCUT2D eigenvalue weighted by Gasteiger charge is 2.25. The molecule has 2 aromatic heterocycles. The summed E-state index contributed by atoms with van der Waals surface area (Å²) in [6, 6.07) is 8.67. The highest BCUT2D eigenvalue weighted by molar-refractivity contribution is 7.15. The largest absolute Gasteiger partial charge is 0.298 e. The summed E-state index contributed by atoms with van der Waals surface area (Å²) >= 11 is 1.38. The molecule has 24 heavy (non-hydrogen) atoms. The highest BCUT2D eigenvalue weighted by Crippen LogP contribution is 2.22. The molecule has 0 aliphatic heterocycles. The van der Waals surface area contributed by atoms with Crippen molar-refractivity contribution < 1.29 is 4.79 Å². The van der Waals surface area contributed by atoms with E-state index in [1.807, 2.05) is 30.3 Å². The summed E-state index contributed by atoms with van der Waals surface area (Å²) in [5.74, 6) is 0.223. The maximum atomic E-state index is 12.8. The van der Waals surface area contributed by atoms with Gasteiger partial charge < -0.3 is 0 Å². The SMILES string of the molecule is CC(C)Cc1nnc(NC(=O)[C@@H](c2ccccc2)n2cnnn2)s1. The van der Waals surface area contributed by atoms with Gasteiger partial charge in [0.1, 0.15) is 11.3 Å². The lowest BCUT2D eigenvalue weighted by Crippen LogP contribution is -2.27. The molecule has 0 aliphatic rings. The summed E-state index contributed by atoms with van der Waals surface area (Å²) in [6.07, 6.45) is 2.25. The van der Waals surface area contributed by atoms with Crippen molar-refractivity contribution in [1.82, 2.24) is 30.4 Å². The van der Waals surface area contributed by atoms with Gasteiger partial charge in [0.05, 0.1) is 0 Å². The minimum absolute atomic E-state index is 0.263. The van der Waals surface area contributed by atoms with Crippen LogP contribution in [-0.4, -0.2) is 36.3 Å². The normalized spacial score (nSPS) is 12.3. The Morgan fingerprint density at radius 2 is 2.04 bits per heavy atom. The molecule has 1 atom stereocenters. The van der Waals surface area contributed by atoms with Crippen LogP contribution >= 0.6 is 11.3 Å². The zero-order valence-electron chi connectivity index (χ0n) is 13.3. The van der Waals surface area contributed by atoms with E-state index in [1.165, 1.54) is 22.3 Å². The van der Waals surface area contributed by atoms with E-state index in [0.29, 0.717) is 11.0 Å². The number of nitrogens with one attached hydrogen (secondary N) is 1. The second-order valence-corrected chi connectivity index (χ2v) is 6.75. The van der Waals surface area contributed by atoms with Gasteiger partial charge in [-0.1, -0.05) is 55.5 Å². The number of hydrogen-bond donors (Lipinski definition) is 1. The lowest BCUT2D eigenvalue weighted by Gasteiger charge is -2.15. The second-order valence-electron chi connectivity index (χ2n) is 5.69. The van der Waals surface area contributed by atoms with E-state index in [4.69, 9.17) is 0 Å². The Kier molecular flexibility index (Phi) is 4.90.